The molecule has 2 N–H and O–H groups in total. The molecule has 0 bridgehead atoms. The van der Waals surface area contributed by atoms with Gasteiger partial charge in [0.25, 0.3) is 0 Å². The van der Waals surface area contributed by atoms with Gasteiger partial charge in [0, 0.05) is 12.1 Å². The van der Waals surface area contributed by atoms with Crippen molar-refractivity contribution < 1.29 is 4.79 Å². The fourth-order valence-corrected chi connectivity index (χ4v) is 2.38. The second-order valence-electron chi connectivity index (χ2n) is 5.23. The zero-order chi connectivity index (χ0) is 12.0. The van der Waals surface area contributed by atoms with Gasteiger partial charge in [0.1, 0.15) is 0 Å². The zero-order valence-electron chi connectivity index (χ0n) is 10.9. The number of nitrogens with one attached hydrogen (secondary N) is 2. The molecule has 0 radical (unpaired) electrons. The maximum Gasteiger partial charge on any atom is 0.234 e. The van der Waals surface area contributed by atoms with Crippen LogP contribution in [-0.4, -0.2) is 24.5 Å². The number of hydrogen-bond donors (Lipinski definition) is 2. The highest BCUT2D eigenvalue weighted by Crippen LogP contribution is 2.26. The molecule has 1 aliphatic rings. The summed E-state index contributed by atoms with van der Waals surface area (Å²) in [5, 5.41) is 6.26. The SMILES string of the molecule is CCC1CCC(NCC(=O)NC(C)C)CC1. The molecule has 1 rings (SSSR count). The molecule has 0 aliphatic heterocycles. The van der Waals surface area contributed by atoms with Crippen molar-refractivity contribution in [3.63, 3.8) is 0 Å². The molecule has 3 heteroatoms. The summed E-state index contributed by atoms with van der Waals surface area (Å²) in [4.78, 5) is 11.4. The number of hydrogen-bond acceptors (Lipinski definition) is 2. The maximum absolute atomic E-state index is 11.4. The molecular weight excluding hydrogens is 200 g/mol. The minimum atomic E-state index is 0.118. The monoisotopic (exact) mass is 226 g/mol. The van der Waals surface area contributed by atoms with Crippen molar-refractivity contribution in [1.29, 1.82) is 0 Å². The van der Waals surface area contributed by atoms with Crippen molar-refractivity contribution in [3.8, 4) is 0 Å². The van der Waals surface area contributed by atoms with Crippen LogP contribution in [0.15, 0.2) is 0 Å². The van der Waals surface area contributed by atoms with Gasteiger partial charge >= 0.3 is 0 Å². The predicted molar refractivity (Wildman–Crippen MR) is 67.3 cm³/mol. The largest absolute Gasteiger partial charge is 0.353 e. The van der Waals surface area contributed by atoms with Gasteiger partial charge in [0.05, 0.1) is 6.54 Å². The molecule has 0 unspecified atom stereocenters. The number of carbonyl (C=O) groups excluding carboxylic acids is 1. The lowest BCUT2D eigenvalue weighted by Gasteiger charge is -2.28. The predicted octanol–water partition coefficient (Wildman–Crippen LogP) is 2.07. The van der Waals surface area contributed by atoms with Gasteiger partial charge in [-0.1, -0.05) is 13.3 Å². The first kappa shape index (κ1) is 13.5. The Balaban J connectivity index is 2.12. The van der Waals surface area contributed by atoms with Crippen molar-refractivity contribution in [1.82, 2.24) is 10.6 Å². The topological polar surface area (TPSA) is 41.1 Å². The van der Waals surface area contributed by atoms with Gasteiger partial charge in [-0.25, -0.2) is 0 Å². The summed E-state index contributed by atoms with van der Waals surface area (Å²) < 4.78 is 0. The highest BCUT2D eigenvalue weighted by molar-refractivity contribution is 5.78. The number of carbonyl (C=O) groups is 1. The van der Waals surface area contributed by atoms with Crippen LogP contribution in [0.2, 0.25) is 0 Å². The van der Waals surface area contributed by atoms with Crippen molar-refractivity contribution in [3.05, 3.63) is 0 Å². The average molecular weight is 226 g/mol. The van der Waals surface area contributed by atoms with Crippen LogP contribution in [0.5, 0.6) is 0 Å². The van der Waals surface area contributed by atoms with Crippen molar-refractivity contribution in [2.75, 3.05) is 6.54 Å². The standard InChI is InChI=1S/C13H26N2O/c1-4-11-5-7-12(8-6-11)14-9-13(16)15-10(2)3/h10-12,14H,4-9H2,1-3H3,(H,15,16). The van der Waals surface area contributed by atoms with E-state index in [0.29, 0.717) is 12.6 Å². The molecule has 1 fully saturated rings. The van der Waals surface area contributed by atoms with E-state index in [-0.39, 0.29) is 11.9 Å². The second kappa shape index (κ2) is 6.89. The first-order chi connectivity index (χ1) is 7.61. The van der Waals surface area contributed by atoms with Crippen LogP contribution in [0.4, 0.5) is 0 Å². The Hall–Kier alpha value is -0.570. The van der Waals surface area contributed by atoms with E-state index in [1.807, 2.05) is 13.8 Å². The molecule has 1 saturated carbocycles. The Kier molecular flexibility index (Phi) is 5.81. The van der Waals surface area contributed by atoms with Crippen LogP contribution in [0.1, 0.15) is 52.9 Å². The van der Waals surface area contributed by atoms with Gasteiger partial charge in [-0.3, -0.25) is 4.79 Å². The van der Waals surface area contributed by atoms with Gasteiger partial charge < -0.3 is 10.6 Å². The highest BCUT2D eigenvalue weighted by Gasteiger charge is 2.19. The number of rotatable bonds is 5. The van der Waals surface area contributed by atoms with Gasteiger partial charge in [-0.15, -0.1) is 0 Å². The third-order valence-corrected chi connectivity index (χ3v) is 3.43. The molecule has 0 spiro atoms. The summed E-state index contributed by atoms with van der Waals surface area (Å²) in [5.74, 6) is 1.04. The lowest BCUT2D eigenvalue weighted by atomic mass is 9.84. The minimum absolute atomic E-state index is 0.118. The highest BCUT2D eigenvalue weighted by atomic mass is 16.1. The van der Waals surface area contributed by atoms with E-state index in [0.717, 1.165) is 5.92 Å². The molecule has 0 aromatic heterocycles. The molecule has 0 saturated heterocycles. The average Bonchev–Trinajstić information content (AvgIpc) is 2.26. The van der Waals surface area contributed by atoms with Gasteiger partial charge in [0.2, 0.25) is 5.91 Å². The van der Waals surface area contributed by atoms with E-state index in [9.17, 15) is 4.79 Å². The molecule has 0 heterocycles. The van der Waals surface area contributed by atoms with Crippen LogP contribution in [0.3, 0.4) is 0 Å². The summed E-state index contributed by atoms with van der Waals surface area (Å²) in [6.45, 7) is 6.73. The molecule has 0 atom stereocenters. The molecule has 3 nitrogen and oxygen atoms in total. The third-order valence-electron chi connectivity index (χ3n) is 3.43. The first-order valence-electron chi connectivity index (χ1n) is 6.64. The van der Waals surface area contributed by atoms with Crippen molar-refractivity contribution >= 4 is 5.91 Å². The summed E-state index contributed by atoms with van der Waals surface area (Å²) in [7, 11) is 0. The molecular formula is C13H26N2O. The van der Waals surface area contributed by atoms with E-state index in [2.05, 4.69) is 17.6 Å². The van der Waals surface area contributed by atoms with Gasteiger partial charge in [-0.05, 0) is 45.4 Å². The van der Waals surface area contributed by atoms with Crippen molar-refractivity contribution in [2.45, 2.75) is 65.0 Å². The quantitative estimate of drug-likeness (QED) is 0.753. The first-order valence-corrected chi connectivity index (χ1v) is 6.64. The molecule has 94 valence electrons. The van der Waals surface area contributed by atoms with E-state index in [1.165, 1.54) is 32.1 Å². The fourth-order valence-electron chi connectivity index (χ4n) is 2.38. The Morgan fingerprint density at radius 3 is 2.38 bits per heavy atom. The maximum atomic E-state index is 11.4. The summed E-state index contributed by atoms with van der Waals surface area (Å²) >= 11 is 0. The van der Waals surface area contributed by atoms with Crippen LogP contribution in [0.25, 0.3) is 0 Å². The normalized spacial score (nSPS) is 25.8. The lowest BCUT2D eigenvalue weighted by molar-refractivity contribution is -0.120. The van der Waals surface area contributed by atoms with E-state index >= 15 is 0 Å². The van der Waals surface area contributed by atoms with Gasteiger partial charge in [-0.2, -0.15) is 0 Å². The van der Waals surface area contributed by atoms with Gasteiger partial charge in [0.15, 0.2) is 0 Å². The summed E-state index contributed by atoms with van der Waals surface area (Å²) in [6, 6.07) is 0.797. The molecule has 0 aromatic rings. The Morgan fingerprint density at radius 1 is 1.25 bits per heavy atom. The van der Waals surface area contributed by atoms with E-state index in [4.69, 9.17) is 0 Å². The lowest BCUT2D eigenvalue weighted by Crippen LogP contribution is -2.42. The molecule has 0 aromatic carbocycles. The summed E-state index contributed by atoms with van der Waals surface area (Å²) in [6.07, 6.45) is 6.40. The number of amides is 1. The Bertz CT molecular complexity index is 208. The molecule has 1 amide bonds. The Morgan fingerprint density at radius 2 is 1.88 bits per heavy atom. The summed E-state index contributed by atoms with van der Waals surface area (Å²) in [5.41, 5.74) is 0. The third kappa shape index (κ3) is 4.97. The van der Waals surface area contributed by atoms with E-state index < -0.39 is 0 Å². The smallest absolute Gasteiger partial charge is 0.234 e. The van der Waals surface area contributed by atoms with Crippen LogP contribution >= 0.6 is 0 Å². The second-order valence-corrected chi connectivity index (χ2v) is 5.23. The van der Waals surface area contributed by atoms with Crippen LogP contribution in [-0.2, 0) is 4.79 Å². The fraction of sp³-hybridized carbons (Fsp3) is 0.923. The van der Waals surface area contributed by atoms with E-state index in [1.54, 1.807) is 0 Å². The van der Waals surface area contributed by atoms with Crippen LogP contribution < -0.4 is 10.6 Å². The minimum Gasteiger partial charge on any atom is -0.353 e. The Labute approximate surface area is 99.4 Å². The molecule has 1 aliphatic carbocycles. The molecule has 16 heavy (non-hydrogen) atoms. The van der Waals surface area contributed by atoms with Crippen LogP contribution in [0, 0.1) is 5.92 Å². The zero-order valence-corrected chi connectivity index (χ0v) is 10.9. The van der Waals surface area contributed by atoms with Crippen molar-refractivity contribution in [2.24, 2.45) is 5.92 Å².